The molecule has 0 spiro atoms. The van der Waals surface area contributed by atoms with Crippen molar-refractivity contribution in [3.8, 4) is 17.1 Å². The number of sulfonamides is 1. The third kappa shape index (κ3) is 8.29. The standard InChI is InChI=1S/C26H22F6N6O3S/c1-33-42(39,40)21-10-3-7-18(12-21)17-6-2-5-16(11-17)14-34-22-36-23(38-24(37-22)41-15-25(27,28)29)35-20-9-4-8-19(13-20)26(30,31)32/h2-13,33H,14-15H2,1H3,(H2,34,35,36,37,38). The summed E-state index contributed by atoms with van der Waals surface area (Å²) in [6, 6.07) is 16.6. The van der Waals surface area contributed by atoms with Crippen LogP contribution in [0.25, 0.3) is 11.1 Å². The summed E-state index contributed by atoms with van der Waals surface area (Å²) in [5, 5.41) is 5.36. The lowest BCUT2D eigenvalue weighted by molar-refractivity contribution is -0.154. The van der Waals surface area contributed by atoms with Crippen LogP contribution in [0.4, 0.5) is 43.9 Å². The zero-order valence-corrected chi connectivity index (χ0v) is 22.4. The normalized spacial score (nSPS) is 12.2. The molecule has 0 atom stereocenters. The van der Waals surface area contributed by atoms with E-state index in [1.54, 1.807) is 36.4 Å². The summed E-state index contributed by atoms with van der Waals surface area (Å²) in [6.45, 7) is -1.64. The number of benzene rings is 3. The molecule has 0 aliphatic rings. The Morgan fingerprint density at radius 2 is 1.48 bits per heavy atom. The molecule has 0 bridgehead atoms. The summed E-state index contributed by atoms with van der Waals surface area (Å²) < 4.78 is 109. The molecule has 0 unspecified atom stereocenters. The lowest BCUT2D eigenvalue weighted by atomic mass is 10.0. The number of anilines is 3. The molecule has 3 N–H and O–H groups in total. The SMILES string of the molecule is CNS(=O)(=O)c1cccc(-c2cccc(CNc3nc(Nc4cccc(C(F)(F)F)c4)nc(OCC(F)(F)F)n3)c2)c1. The van der Waals surface area contributed by atoms with Gasteiger partial charge in [0, 0.05) is 12.2 Å². The van der Waals surface area contributed by atoms with Gasteiger partial charge in [0.05, 0.1) is 10.5 Å². The van der Waals surface area contributed by atoms with Crippen molar-refractivity contribution in [3.63, 3.8) is 0 Å². The van der Waals surface area contributed by atoms with E-state index in [1.807, 2.05) is 0 Å². The molecule has 1 aromatic heterocycles. The van der Waals surface area contributed by atoms with E-state index >= 15 is 0 Å². The van der Waals surface area contributed by atoms with Crippen molar-refractivity contribution >= 4 is 27.6 Å². The Labute approximate surface area is 236 Å². The van der Waals surface area contributed by atoms with E-state index in [0.29, 0.717) is 16.7 Å². The van der Waals surface area contributed by atoms with E-state index in [4.69, 9.17) is 0 Å². The van der Waals surface area contributed by atoms with Crippen molar-refractivity contribution < 1.29 is 39.5 Å². The molecule has 0 aliphatic carbocycles. The van der Waals surface area contributed by atoms with Gasteiger partial charge in [0.1, 0.15) is 0 Å². The van der Waals surface area contributed by atoms with Gasteiger partial charge in [-0.15, -0.1) is 0 Å². The fourth-order valence-corrected chi connectivity index (χ4v) is 4.38. The highest BCUT2D eigenvalue weighted by atomic mass is 32.2. The molecule has 4 aromatic rings. The lowest BCUT2D eigenvalue weighted by Crippen LogP contribution is -2.21. The molecule has 3 aromatic carbocycles. The van der Waals surface area contributed by atoms with Gasteiger partial charge in [0.25, 0.3) is 0 Å². The first-order chi connectivity index (χ1) is 19.7. The molecule has 16 heteroatoms. The first-order valence-corrected chi connectivity index (χ1v) is 13.5. The predicted molar refractivity (Wildman–Crippen MR) is 142 cm³/mol. The molecule has 1 heterocycles. The van der Waals surface area contributed by atoms with Crippen molar-refractivity contribution in [2.45, 2.75) is 23.8 Å². The second-order valence-corrected chi connectivity index (χ2v) is 10.5. The molecule has 0 aliphatic heterocycles. The molecule has 0 saturated heterocycles. The summed E-state index contributed by atoms with van der Waals surface area (Å²) in [5.74, 6) is -0.579. The third-order valence-corrected chi connectivity index (χ3v) is 6.96. The van der Waals surface area contributed by atoms with Gasteiger partial charge in [-0.2, -0.15) is 41.3 Å². The maximum atomic E-state index is 13.1. The number of nitrogens with zero attached hydrogens (tertiary/aromatic N) is 3. The van der Waals surface area contributed by atoms with Crippen LogP contribution < -0.4 is 20.1 Å². The van der Waals surface area contributed by atoms with Crippen LogP contribution in [-0.2, 0) is 22.7 Å². The molecular formula is C26H22F6N6O3S. The number of halogens is 6. The minimum Gasteiger partial charge on any atom is -0.454 e. The van der Waals surface area contributed by atoms with Crippen LogP contribution in [0.15, 0.2) is 77.7 Å². The van der Waals surface area contributed by atoms with Gasteiger partial charge < -0.3 is 15.4 Å². The van der Waals surface area contributed by atoms with Crippen molar-refractivity contribution in [1.29, 1.82) is 0 Å². The number of hydrogen-bond donors (Lipinski definition) is 3. The van der Waals surface area contributed by atoms with E-state index < -0.39 is 40.6 Å². The molecule has 0 radical (unpaired) electrons. The summed E-state index contributed by atoms with van der Waals surface area (Å²) in [7, 11) is -2.37. The summed E-state index contributed by atoms with van der Waals surface area (Å²) in [5.41, 5.74) is 0.935. The highest BCUT2D eigenvalue weighted by molar-refractivity contribution is 7.89. The Morgan fingerprint density at radius 3 is 2.17 bits per heavy atom. The second kappa shape index (κ2) is 12.2. The van der Waals surface area contributed by atoms with Crippen LogP contribution in [0.1, 0.15) is 11.1 Å². The quantitative estimate of drug-likeness (QED) is 0.194. The first kappa shape index (κ1) is 30.5. The van der Waals surface area contributed by atoms with Gasteiger partial charge in [-0.3, -0.25) is 0 Å². The van der Waals surface area contributed by atoms with E-state index in [-0.39, 0.29) is 29.0 Å². The van der Waals surface area contributed by atoms with Crippen LogP contribution in [0, 0.1) is 0 Å². The number of aromatic nitrogens is 3. The highest BCUT2D eigenvalue weighted by Gasteiger charge is 2.31. The fourth-order valence-electron chi connectivity index (χ4n) is 3.61. The number of hydrogen-bond acceptors (Lipinski definition) is 8. The number of rotatable bonds is 10. The molecule has 222 valence electrons. The molecular weight excluding hydrogens is 590 g/mol. The van der Waals surface area contributed by atoms with E-state index in [1.165, 1.54) is 25.2 Å². The number of ether oxygens (including phenoxy) is 1. The topological polar surface area (TPSA) is 118 Å². The van der Waals surface area contributed by atoms with Gasteiger partial charge in [-0.1, -0.05) is 36.4 Å². The van der Waals surface area contributed by atoms with E-state index in [9.17, 15) is 34.8 Å². The summed E-state index contributed by atoms with van der Waals surface area (Å²) in [4.78, 5) is 11.7. The zero-order chi connectivity index (χ0) is 30.5. The van der Waals surface area contributed by atoms with Crippen molar-refractivity contribution in [3.05, 3.63) is 83.9 Å². The third-order valence-electron chi connectivity index (χ3n) is 5.55. The lowest BCUT2D eigenvalue weighted by Gasteiger charge is -2.13. The monoisotopic (exact) mass is 612 g/mol. The number of nitrogens with one attached hydrogen (secondary N) is 3. The van der Waals surface area contributed by atoms with Crippen molar-refractivity contribution in [2.24, 2.45) is 0 Å². The van der Waals surface area contributed by atoms with Crippen molar-refractivity contribution in [1.82, 2.24) is 19.7 Å². The van der Waals surface area contributed by atoms with E-state index in [0.717, 1.165) is 18.2 Å². The Morgan fingerprint density at radius 1 is 0.810 bits per heavy atom. The van der Waals surface area contributed by atoms with Crippen LogP contribution >= 0.6 is 0 Å². The average molecular weight is 613 g/mol. The molecule has 42 heavy (non-hydrogen) atoms. The Hall–Kier alpha value is -4.44. The van der Waals surface area contributed by atoms with Gasteiger partial charge in [0.2, 0.25) is 21.9 Å². The van der Waals surface area contributed by atoms with Gasteiger partial charge >= 0.3 is 18.4 Å². The molecule has 0 fully saturated rings. The molecule has 0 amide bonds. The van der Waals surface area contributed by atoms with Crippen LogP contribution in [0.3, 0.4) is 0 Å². The molecule has 9 nitrogen and oxygen atoms in total. The predicted octanol–water partition coefficient (Wildman–Crippen LogP) is 5.76. The largest absolute Gasteiger partial charge is 0.454 e. The smallest absolute Gasteiger partial charge is 0.422 e. The Kier molecular flexibility index (Phi) is 8.86. The van der Waals surface area contributed by atoms with Crippen molar-refractivity contribution in [2.75, 3.05) is 24.3 Å². The summed E-state index contributed by atoms with van der Waals surface area (Å²) in [6.07, 6.45) is -9.32. The highest BCUT2D eigenvalue weighted by Crippen LogP contribution is 2.31. The minimum absolute atomic E-state index is 0.0636. The van der Waals surface area contributed by atoms with Gasteiger partial charge in [0.15, 0.2) is 6.61 Å². The Balaban J connectivity index is 1.57. The zero-order valence-electron chi connectivity index (χ0n) is 21.6. The first-order valence-electron chi connectivity index (χ1n) is 12.0. The van der Waals surface area contributed by atoms with Gasteiger partial charge in [-0.25, -0.2) is 13.1 Å². The molecule has 0 saturated carbocycles. The van der Waals surface area contributed by atoms with Crippen LogP contribution in [0.5, 0.6) is 6.01 Å². The van der Waals surface area contributed by atoms with Crippen LogP contribution in [0.2, 0.25) is 0 Å². The Bertz CT molecular complexity index is 1670. The fraction of sp³-hybridized carbons (Fsp3) is 0.192. The number of alkyl halides is 6. The second-order valence-electron chi connectivity index (χ2n) is 8.66. The van der Waals surface area contributed by atoms with Gasteiger partial charge in [-0.05, 0) is 60.1 Å². The molecule has 4 rings (SSSR count). The average Bonchev–Trinajstić information content (AvgIpc) is 2.94. The summed E-state index contributed by atoms with van der Waals surface area (Å²) >= 11 is 0. The minimum atomic E-state index is -4.70. The van der Waals surface area contributed by atoms with Crippen LogP contribution in [-0.4, -0.2) is 43.2 Å². The maximum absolute atomic E-state index is 13.1. The van der Waals surface area contributed by atoms with E-state index in [2.05, 4.69) is 35.0 Å². The maximum Gasteiger partial charge on any atom is 0.422 e.